The molecule has 0 radical (unpaired) electrons. The Balaban J connectivity index is 1.86. The van der Waals surface area contributed by atoms with Crippen LogP contribution in [0.2, 0.25) is 0 Å². The van der Waals surface area contributed by atoms with E-state index in [1.807, 2.05) is 31.4 Å². The Kier molecular flexibility index (Phi) is 4.66. The lowest BCUT2D eigenvalue weighted by atomic mass is 9.89. The minimum absolute atomic E-state index is 0.0692. The zero-order valence-corrected chi connectivity index (χ0v) is 14.3. The molecule has 1 aliphatic rings. The highest BCUT2D eigenvalue weighted by atomic mass is 32.1. The maximum atomic E-state index is 13.4. The van der Waals surface area contributed by atoms with E-state index < -0.39 is 11.7 Å². The largest absolute Gasteiger partial charge is 0.348 e. The van der Waals surface area contributed by atoms with Crippen LogP contribution in [0.5, 0.6) is 0 Å². The van der Waals surface area contributed by atoms with Crippen LogP contribution < -0.4 is 10.6 Å². The maximum absolute atomic E-state index is 13.4. The summed E-state index contributed by atoms with van der Waals surface area (Å²) in [6.45, 7) is 4.09. The minimum Gasteiger partial charge on any atom is -0.348 e. The van der Waals surface area contributed by atoms with E-state index in [0.717, 1.165) is 4.88 Å². The molecule has 1 aromatic heterocycles. The lowest BCUT2D eigenvalue weighted by Crippen LogP contribution is -2.38. The second-order valence-electron chi connectivity index (χ2n) is 6.28. The van der Waals surface area contributed by atoms with Gasteiger partial charge in [0.1, 0.15) is 5.82 Å². The predicted octanol–water partition coefficient (Wildman–Crippen LogP) is 3.83. The molecule has 2 N–H and O–H groups in total. The van der Waals surface area contributed by atoms with E-state index in [4.69, 9.17) is 0 Å². The van der Waals surface area contributed by atoms with Gasteiger partial charge in [0.05, 0.1) is 12.0 Å². The second-order valence-corrected chi connectivity index (χ2v) is 7.26. The van der Waals surface area contributed by atoms with Crippen molar-refractivity contribution in [2.75, 3.05) is 5.32 Å². The lowest BCUT2D eigenvalue weighted by Gasteiger charge is -2.28. The van der Waals surface area contributed by atoms with Gasteiger partial charge in [0.2, 0.25) is 11.8 Å². The first-order valence-electron chi connectivity index (χ1n) is 7.88. The van der Waals surface area contributed by atoms with Gasteiger partial charge in [-0.2, -0.15) is 0 Å². The monoisotopic (exact) mass is 346 g/mol. The summed E-state index contributed by atoms with van der Waals surface area (Å²) in [6, 6.07) is 7.98. The van der Waals surface area contributed by atoms with Crippen LogP contribution in [0.1, 0.15) is 42.7 Å². The zero-order valence-electron chi connectivity index (χ0n) is 13.5. The van der Waals surface area contributed by atoms with E-state index in [9.17, 15) is 14.0 Å². The standard InChI is InChI=1S/C18H19FN2O2S/c1-10(2)17(15-4-3-7-24-15)21-18(23)13-9-16(22)20-14-8-11(19)5-6-12(13)14/h3-8,10,13,17H,9H2,1-2H3,(H,20,22)(H,21,23)/t13-,17+/m0/s1. The van der Waals surface area contributed by atoms with Crippen LogP contribution in [-0.4, -0.2) is 11.8 Å². The van der Waals surface area contributed by atoms with E-state index in [0.29, 0.717) is 11.3 Å². The van der Waals surface area contributed by atoms with Crippen LogP contribution in [0.25, 0.3) is 0 Å². The Hall–Kier alpha value is -2.21. The number of fused-ring (bicyclic) bond motifs is 1. The first-order chi connectivity index (χ1) is 11.5. The summed E-state index contributed by atoms with van der Waals surface area (Å²) in [7, 11) is 0. The van der Waals surface area contributed by atoms with Crippen molar-refractivity contribution >= 4 is 28.8 Å². The number of nitrogens with one attached hydrogen (secondary N) is 2. The summed E-state index contributed by atoms with van der Waals surface area (Å²) in [5, 5.41) is 7.67. The molecule has 0 bridgehead atoms. The van der Waals surface area contributed by atoms with Gasteiger partial charge in [-0.25, -0.2) is 4.39 Å². The van der Waals surface area contributed by atoms with Crippen molar-refractivity contribution < 1.29 is 14.0 Å². The molecular weight excluding hydrogens is 327 g/mol. The molecule has 0 spiro atoms. The number of halogens is 1. The van der Waals surface area contributed by atoms with Gasteiger partial charge in [-0.3, -0.25) is 9.59 Å². The van der Waals surface area contributed by atoms with Gasteiger partial charge in [0.25, 0.3) is 0 Å². The summed E-state index contributed by atoms with van der Waals surface area (Å²) in [6.07, 6.45) is 0.0692. The van der Waals surface area contributed by atoms with Crippen LogP contribution in [-0.2, 0) is 9.59 Å². The van der Waals surface area contributed by atoms with Gasteiger partial charge in [0.15, 0.2) is 0 Å². The third kappa shape index (κ3) is 3.33. The van der Waals surface area contributed by atoms with Gasteiger partial charge in [-0.1, -0.05) is 26.0 Å². The van der Waals surface area contributed by atoms with E-state index in [-0.39, 0.29) is 30.2 Å². The SMILES string of the molecule is CC(C)[C@@H](NC(=O)[C@H]1CC(=O)Nc2cc(F)ccc21)c1cccs1. The quantitative estimate of drug-likeness (QED) is 0.884. The van der Waals surface area contributed by atoms with E-state index in [1.165, 1.54) is 12.1 Å². The summed E-state index contributed by atoms with van der Waals surface area (Å²) in [4.78, 5) is 25.8. The molecule has 0 saturated heterocycles. The number of benzene rings is 1. The van der Waals surface area contributed by atoms with Gasteiger partial charge >= 0.3 is 0 Å². The van der Waals surface area contributed by atoms with Gasteiger partial charge in [0, 0.05) is 17.0 Å². The van der Waals surface area contributed by atoms with Crippen molar-refractivity contribution in [3.05, 3.63) is 52.0 Å². The number of amides is 2. The molecule has 2 heterocycles. The van der Waals surface area contributed by atoms with Gasteiger partial charge in [-0.05, 0) is 35.1 Å². The molecule has 126 valence electrons. The maximum Gasteiger partial charge on any atom is 0.228 e. The topological polar surface area (TPSA) is 58.2 Å². The van der Waals surface area contributed by atoms with E-state index in [2.05, 4.69) is 10.6 Å². The van der Waals surface area contributed by atoms with Crippen LogP contribution in [0.15, 0.2) is 35.7 Å². The Labute approximate surface area is 144 Å². The molecule has 4 nitrogen and oxygen atoms in total. The number of thiophene rings is 1. The molecule has 0 saturated carbocycles. The first kappa shape index (κ1) is 16.6. The van der Waals surface area contributed by atoms with Crippen molar-refractivity contribution in [1.82, 2.24) is 5.32 Å². The zero-order chi connectivity index (χ0) is 17.3. The number of anilines is 1. The number of hydrogen-bond acceptors (Lipinski definition) is 3. The molecule has 2 atom stereocenters. The molecule has 6 heteroatoms. The molecule has 2 amide bonds. The molecule has 0 unspecified atom stereocenters. The minimum atomic E-state index is -0.601. The van der Waals surface area contributed by atoms with Crippen LogP contribution >= 0.6 is 11.3 Å². The predicted molar refractivity (Wildman–Crippen MR) is 92.4 cm³/mol. The Morgan fingerprint density at radius 1 is 1.38 bits per heavy atom. The fourth-order valence-electron chi connectivity index (χ4n) is 2.96. The number of carbonyl (C=O) groups excluding carboxylic acids is 2. The fraction of sp³-hybridized carbons (Fsp3) is 0.333. The molecule has 1 aliphatic heterocycles. The Bertz CT molecular complexity index is 758. The molecule has 2 aromatic rings. The second kappa shape index (κ2) is 6.73. The third-order valence-corrected chi connectivity index (χ3v) is 5.14. The van der Waals surface area contributed by atoms with Crippen LogP contribution in [0.4, 0.5) is 10.1 Å². The molecular formula is C18H19FN2O2S. The molecule has 24 heavy (non-hydrogen) atoms. The number of rotatable bonds is 4. The van der Waals surface area contributed by atoms with Crippen molar-refractivity contribution in [2.45, 2.75) is 32.2 Å². The summed E-state index contributed by atoms with van der Waals surface area (Å²) < 4.78 is 13.4. The Morgan fingerprint density at radius 3 is 2.83 bits per heavy atom. The van der Waals surface area contributed by atoms with Crippen molar-refractivity contribution in [3.8, 4) is 0 Å². The Morgan fingerprint density at radius 2 is 2.17 bits per heavy atom. The number of carbonyl (C=O) groups is 2. The third-order valence-electron chi connectivity index (χ3n) is 4.18. The summed E-state index contributed by atoms with van der Waals surface area (Å²) in [5.74, 6) is -1.29. The highest BCUT2D eigenvalue weighted by Crippen LogP contribution is 2.34. The fourth-order valence-corrected chi connectivity index (χ4v) is 3.91. The lowest BCUT2D eigenvalue weighted by molar-refractivity contribution is -0.127. The van der Waals surface area contributed by atoms with Crippen molar-refractivity contribution in [2.24, 2.45) is 5.92 Å². The first-order valence-corrected chi connectivity index (χ1v) is 8.76. The van der Waals surface area contributed by atoms with Crippen LogP contribution in [0, 0.1) is 11.7 Å². The average molecular weight is 346 g/mol. The highest BCUT2D eigenvalue weighted by Gasteiger charge is 2.32. The normalized spacial score (nSPS) is 18.0. The summed E-state index contributed by atoms with van der Waals surface area (Å²) in [5.41, 5.74) is 1.03. The van der Waals surface area contributed by atoms with E-state index in [1.54, 1.807) is 17.4 Å². The van der Waals surface area contributed by atoms with E-state index >= 15 is 0 Å². The van der Waals surface area contributed by atoms with Gasteiger partial charge < -0.3 is 10.6 Å². The highest BCUT2D eigenvalue weighted by molar-refractivity contribution is 7.10. The molecule has 1 aromatic carbocycles. The smallest absolute Gasteiger partial charge is 0.228 e. The average Bonchev–Trinajstić information content (AvgIpc) is 3.04. The molecule has 0 fully saturated rings. The molecule has 3 rings (SSSR count). The van der Waals surface area contributed by atoms with Crippen molar-refractivity contribution in [3.63, 3.8) is 0 Å². The summed E-state index contributed by atoms with van der Waals surface area (Å²) >= 11 is 1.59. The van der Waals surface area contributed by atoms with Crippen molar-refractivity contribution in [1.29, 1.82) is 0 Å². The molecule has 0 aliphatic carbocycles. The number of hydrogen-bond donors (Lipinski definition) is 2. The van der Waals surface area contributed by atoms with Crippen LogP contribution in [0.3, 0.4) is 0 Å². The van der Waals surface area contributed by atoms with Gasteiger partial charge in [-0.15, -0.1) is 11.3 Å².